The van der Waals surface area contributed by atoms with Crippen molar-refractivity contribution in [2.45, 2.75) is 95.8 Å². The molecule has 0 bridgehead atoms. The van der Waals surface area contributed by atoms with Crippen molar-refractivity contribution in [2.24, 2.45) is 69.5 Å². The third-order valence-corrected chi connectivity index (χ3v) is 14.3. The van der Waals surface area contributed by atoms with Gasteiger partial charge in [0.15, 0.2) is 0 Å². The molecule has 6 aliphatic carbocycles. The van der Waals surface area contributed by atoms with Gasteiger partial charge in [0.1, 0.15) is 3.41 Å². The average Bonchev–Trinajstić information content (AvgIpc) is 3.72. The number of aromatic nitrogens is 2. The lowest BCUT2D eigenvalue weighted by atomic mass is 9.43. The van der Waals surface area contributed by atoms with Crippen LogP contribution in [0.3, 0.4) is 0 Å². The molecule has 0 amide bonds. The molecule has 5 saturated carbocycles. The van der Waals surface area contributed by atoms with E-state index in [1.807, 2.05) is 12.4 Å². The maximum atomic E-state index is 4.91. The maximum absolute atomic E-state index is 4.91. The van der Waals surface area contributed by atoms with Gasteiger partial charge < -0.3 is 0 Å². The SMILES string of the molecule is C=C1C(c2cnc(CC(S)(S)S)cn2)=CC2C3C4CC5C6CCC(CC(CC)CC(C)C)C6(C)CCC5C1(C)C243. The first-order chi connectivity index (χ1) is 18.9. The second-order valence-corrected chi connectivity index (χ2v) is 19.1. The molecule has 1 heterocycles. The number of hydrogen-bond donors (Lipinski definition) is 3. The first-order valence-corrected chi connectivity index (χ1v) is 17.6. The van der Waals surface area contributed by atoms with Crippen LogP contribution in [0.25, 0.3) is 5.57 Å². The van der Waals surface area contributed by atoms with Crippen LogP contribution in [0.4, 0.5) is 0 Å². The summed E-state index contributed by atoms with van der Waals surface area (Å²) in [7, 11) is 0. The Bertz CT molecular complexity index is 1230. The van der Waals surface area contributed by atoms with Crippen LogP contribution in [0.2, 0.25) is 0 Å². The van der Waals surface area contributed by atoms with Crippen LogP contribution < -0.4 is 0 Å². The highest BCUT2D eigenvalue weighted by atomic mass is 32.2. The van der Waals surface area contributed by atoms with Crippen molar-refractivity contribution in [3.63, 3.8) is 0 Å². The molecule has 11 atom stereocenters. The van der Waals surface area contributed by atoms with Gasteiger partial charge in [-0.25, -0.2) is 0 Å². The summed E-state index contributed by atoms with van der Waals surface area (Å²) in [4.78, 5) is 9.65. The van der Waals surface area contributed by atoms with E-state index in [0.29, 0.717) is 17.3 Å². The Morgan fingerprint density at radius 2 is 1.82 bits per heavy atom. The zero-order valence-electron chi connectivity index (χ0n) is 25.2. The predicted molar refractivity (Wildman–Crippen MR) is 177 cm³/mol. The number of hydrogen-bond acceptors (Lipinski definition) is 5. The van der Waals surface area contributed by atoms with Crippen molar-refractivity contribution in [3.05, 3.63) is 42.0 Å². The van der Waals surface area contributed by atoms with Crippen LogP contribution in [0.1, 0.15) is 97.4 Å². The summed E-state index contributed by atoms with van der Waals surface area (Å²) in [5.41, 5.74) is 5.80. The largest absolute Gasteiger partial charge is 0.257 e. The van der Waals surface area contributed by atoms with Gasteiger partial charge in [-0.2, -0.15) is 37.9 Å². The summed E-state index contributed by atoms with van der Waals surface area (Å²) in [5, 5.41) is 0. The molecule has 0 saturated heterocycles. The van der Waals surface area contributed by atoms with Gasteiger partial charge in [-0.3, -0.25) is 9.97 Å². The molecule has 1 aromatic rings. The van der Waals surface area contributed by atoms with E-state index in [4.69, 9.17) is 16.5 Å². The van der Waals surface area contributed by atoms with Crippen LogP contribution in [0.5, 0.6) is 0 Å². The van der Waals surface area contributed by atoms with Crippen molar-refractivity contribution in [2.75, 3.05) is 0 Å². The Labute approximate surface area is 259 Å². The second kappa shape index (κ2) is 9.31. The Morgan fingerprint density at radius 3 is 2.48 bits per heavy atom. The van der Waals surface area contributed by atoms with Gasteiger partial charge in [-0.15, -0.1) is 0 Å². The van der Waals surface area contributed by atoms with Crippen molar-refractivity contribution >= 4 is 43.5 Å². The van der Waals surface area contributed by atoms with E-state index in [-0.39, 0.29) is 5.41 Å². The molecule has 5 fully saturated rings. The molecule has 40 heavy (non-hydrogen) atoms. The van der Waals surface area contributed by atoms with Gasteiger partial charge in [0.25, 0.3) is 0 Å². The molecule has 0 radical (unpaired) electrons. The monoisotopic (exact) mass is 594 g/mol. The summed E-state index contributed by atoms with van der Waals surface area (Å²) in [5.74, 6) is 7.77. The molecule has 11 unspecified atom stereocenters. The van der Waals surface area contributed by atoms with Crippen LogP contribution in [-0.2, 0) is 6.42 Å². The molecule has 2 nitrogen and oxygen atoms in total. The highest BCUT2D eigenvalue weighted by Gasteiger charge is 2.94. The zero-order chi connectivity index (χ0) is 28.4. The number of nitrogens with zero attached hydrogens (tertiary/aromatic N) is 2. The topological polar surface area (TPSA) is 25.8 Å². The Kier molecular flexibility index (Phi) is 6.60. The Hall–Kier alpha value is -0.390. The minimum atomic E-state index is -0.689. The molecular formula is C35H50N2S3. The molecular weight excluding hydrogens is 545 g/mol. The lowest BCUT2D eigenvalue weighted by Crippen LogP contribution is -2.54. The Balaban J connectivity index is 1.15. The van der Waals surface area contributed by atoms with E-state index in [0.717, 1.165) is 64.6 Å². The third-order valence-electron chi connectivity index (χ3n) is 13.8. The predicted octanol–water partition coefficient (Wildman–Crippen LogP) is 9.21. The van der Waals surface area contributed by atoms with Gasteiger partial charge in [0.05, 0.1) is 17.6 Å². The number of fused-ring (bicyclic) bond motifs is 6. The highest BCUT2D eigenvalue weighted by Crippen LogP contribution is 2.98. The first-order valence-electron chi connectivity index (χ1n) is 16.3. The molecule has 1 aromatic heterocycles. The van der Waals surface area contributed by atoms with E-state index in [1.165, 1.54) is 62.5 Å². The summed E-state index contributed by atoms with van der Waals surface area (Å²) in [6.45, 7) is 17.5. The minimum Gasteiger partial charge on any atom is -0.257 e. The minimum absolute atomic E-state index is 0.208. The van der Waals surface area contributed by atoms with Crippen molar-refractivity contribution in [1.29, 1.82) is 0 Å². The lowest BCUT2D eigenvalue weighted by molar-refractivity contribution is -0.0856. The lowest BCUT2D eigenvalue weighted by Gasteiger charge is -2.60. The van der Waals surface area contributed by atoms with Crippen LogP contribution in [0, 0.1) is 69.5 Å². The van der Waals surface area contributed by atoms with Gasteiger partial charge in [-0.1, -0.05) is 53.7 Å². The summed E-state index contributed by atoms with van der Waals surface area (Å²) >= 11 is 13.3. The number of allylic oxidation sites excluding steroid dienone is 3. The summed E-state index contributed by atoms with van der Waals surface area (Å²) < 4.78 is -0.689. The number of thiol groups is 3. The van der Waals surface area contributed by atoms with E-state index >= 15 is 0 Å². The zero-order valence-corrected chi connectivity index (χ0v) is 27.9. The molecule has 1 spiro atoms. The Morgan fingerprint density at radius 1 is 1.05 bits per heavy atom. The fourth-order valence-electron chi connectivity index (χ4n) is 12.1. The maximum Gasteiger partial charge on any atom is 0.104 e. The van der Waals surface area contributed by atoms with Crippen LogP contribution >= 0.6 is 37.9 Å². The summed E-state index contributed by atoms with van der Waals surface area (Å²) in [6, 6.07) is 0. The molecule has 6 aliphatic rings. The van der Waals surface area contributed by atoms with Crippen LogP contribution in [0.15, 0.2) is 30.6 Å². The van der Waals surface area contributed by atoms with E-state index in [2.05, 4.69) is 78.6 Å². The number of rotatable bonds is 8. The quantitative estimate of drug-likeness (QED) is 0.207. The van der Waals surface area contributed by atoms with E-state index < -0.39 is 3.41 Å². The average molecular weight is 595 g/mol. The van der Waals surface area contributed by atoms with Crippen molar-refractivity contribution in [3.8, 4) is 0 Å². The molecule has 0 aliphatic heterocycles. The summed E-state index contributed by atoms with van der Waals surface area (Å²) in [6.07, 6.45) is 18.4. The van der Waals surface area contributed by atoms with Crippen LogP contribution in [-0.4, -0.2) is 13.4 Å². The molecule has 0 N–H and O–H groups in total. The van der Waals surface area contributed by atoms with E-state index in [1.54, 1.807) is 0 Å². The fourth-order valence-corrected chi connectivity index (χ4v) is 12.6. The first kappa shape index (κ1) is 28.4. The van der Waals surface area contributed by atoms with Gasteiger partial charge in [0, 0.05) is 23.6 Å². The molecule has 218 valence electrons. The van der Waals surface area contributed by atoms with Gasteiger partial charge in [-0.05, 0) is 115 Å². The third kappa shape index (κ3) is 3.84. The van der Waals surface area contributed by atoms with Gasteiger partial charge >= 0.3 is 0 Å². The second-order valence-electron chi connectivity index (χ2n) is 15.8. The van der Waals surface area contributed by atoms with E-state index in [9.17, 15) is 0 Å². The fraction of sp³-hybridized carbons (Fsp3) is 0.771. The standard InChI is InChI=1S/C35H50N2S3/c1-7-21(12-19(2)3)13-22-8-9-26-25-15-29-31-28-14-24(30-18-36-23(17-37-30)16-34(38,39)40)20(4)33(6,35(28,29)31)27(25)10-11-32(22,26)5/h14,17-19,21-22,25-29,31,38-40H,4,7-13,15-16H2,1-3,5-6H3. The highest BCUT2D eigenvalue weighted by molar-refractivity contribution is 8.16. The normalized spacial score (nSPS) is 45.3. The van der Waals surface area contributed by atoms with Gasteiger partial charge in [0.2, 0.25) is 0 Å². The molecule has 0 aromatic carbocycles. The van der Waals surface area contributed by atoms with Crippen molar-refractivity contribution in [1.82, 2.24) is 9.97 Å². The smallest absolute Gasteiger partial charge is 0.104 e. The molecule has 5 heteroatoms. The van der Waals surface area contributed by atoms with Crippen molar-refractivity contribution < 1.29 is 0 Å². The molecule has 7 rings (SSSR count).